The number of ether oxygens (including phenoxy) is 1. The summed E-state index contributed by atoms with van der Waals surface area (Å²) in [7, 11) is 0. The van der Waals surface area contributed by atoms with E-state index >= 15 is 0 Å². The van der Waals surface area contributed by atoms with E-state index in [0.29, 0.717) is 12.1 Å². The van der Waals surface area contributed by atoms with E-state index in [1.807, 2.05) is 0 Å². The first-order valence-corrected chi connectivity index (χ1v) is 6.15. The second-order valence-electron chi connectivity index (χ2n) is 4.48. The molecule has 0 saturated heterocycles. The summed E-state index contributed by atoms with van der Waals surface area (Å²) in [6.45, 7) is 1.50. The van der Waals surface area contributed by atoms with Gasteiger partial charge in [-0.2, -0.15) is 26.3 Å². The number of halogens is 6. The van der Waals surface area contributed by atoms with Crippen LogP contribution in [0.15, 0.2) is 18.2 Å². The lowest BCUT2D eigenvalue weighted by atomic mass is 10.00. The van der Waals surface area contributed by atoms with Gasteiger partial charge < -0.3 is 10.5 Å². The van der Waals surface area contributed by atoms with Crippen LogP contribution < -0.4 is 5.73 Å². The number of nitrogens with two attached hydrogens (primary N) is 1. The number of alkyl halides is 6. The highest BCUT2D eigenvalue weighted by molar-refractivity contribution is 5.75. The molecule has 0 fully saturated rings. The van der Waals surface area contributed by atoms with Gasteiger partial charge in [0.1, 0.15) is 6.04 Å². The van der Waals surface area contributed by atoms with E-state index in [1.165, 1.54) is 6.92 Å². The second kappa shape index (κ2) is 6.55. The highest BCUT2D eigenvalue weighted by Gasteiger charge is 2.37. The summed E-state index contributed by atoms with van der Waals surface area (Å²) in [5.74, 6) is -0.895. The zero-order valence-corrected chi connectivity index (χ0v) is 11.4. The van der Waals surface area contributed by atoms with Crippen LogP contribution in [0.5, 0.6) is 0 Å². The largest absolute Gasteiger partial charge is 0.465 e. The van der Waals surface area contributed by atoms with Crippen LogP contribution in [0, 0.1) is 0 Å². The van der Waals surface area contributed by atoms with E-state index in [1.54, 1.807) is 0 Å². The van der Waals surface area contributed by atoms with Crippen LogP contribution in [-0.4, -0.2) is 18.6 Å². The summed E-state index contributed by atoms with van der Waals surface area (Å²) in [5.41, 5.74) is 2.17. The van der Waals surface area contributed by atoms with Gasteiger partial charge in [0.05, 0.1) is 17.7 Å². The number of rotatable bonds is 4. The molecule has 0 saturated carbocycles. The SMILES string of the molecule is CCOC(=O)C(N)Cc1cc(C(F)(F)F)cc(C(F)(F)F)c1. The third-order valence-electron chi connectivity index (χ3n) is 2.69. The Balaban J connectivity index is 3.16. The Morgan fingerprint density at radius 3 is 1.91 bits per heavy atom. The first-order valence-electron chi connectivity index (χ1n) is 6.15. The zero-order valence-electron chi connectivity index (χ0n) is 11.4. The number of hydrogen-bond donors (Lipinski definition) is 1. The average molecular weight is 329 g/mol. The Morgan fingerprint density at radius 1 is 1.09 bits per heavy atom. The molecule has 124 valence electrons. The molecule has 9 heteroatoms. The molecule has 2 N–H and O–H groups in total. The Bertz CT molecular complexity index is 506. The van der Waals surface area contributed by atoms with Gasteiger partial charge in [-0.15, -0.1) is 0 Å². The molecule has 0 aliphatic carbocycles. The molecule has 3 nitrogen and oxygen atoms in total. The molecule has 1 rings (SSSR count). The monoisotopic (exact) mass is 329 g/mol. The highest BCUT2D eigenvalue weighted by Crippen LogP contribution is 2.36. The number of carbonyl (C=O) groups excluding carboxylic acids is 1. The quantitative estimate of drug-likeness (QED) is 0.682. The number of hydrogen-bond acceptors (Lipinski definition) is 3. The van der Waals surface area contributed by atoms with E-state index in [9.17, 15) is 31.1 Å². The fraction of sp³-hybridized carbons (Fsp3) is 0.462. The molecular formula is C13H13F6NO2. The number of esters is 1. The predicted molar refractivity (Wildman–Crippen MR) is 64.8 cm³/mol. The Kier molecular flexibility index (Phi) is 5.44. The molecule has 0 amide bonds. The molecule has 0 bridgehead atoms. The summed E-state index contributed by atoms with van der Waals surface area (Å²) in [5, 5.41) is 0. The molecule has 1 unspecified atom stereocenters. The zero-order chi connectivity index (χ0) is 17.1. The molecule has 0 aliphatic heterocycles. The summed E-state index contributed by atoms with van der Waals surface area (Å²) >= 11 is 0. The molecule has 1 atom stereocenters. The lowest BCUT2D eigenvalue weighted by Gasteiger charge is -2.16. The Morgan fingerprint density at radius 2 is 1.55 bits per heavy atom. The average Bonchev–Trinajstić information content (AvgIpc) is 2.36. The molecule has 22 heavy (non-hydrogen) atoms. The van der Waals surface area contributed by atoms with Crippen molar-refractivity contribution in [3.63, 3.8) is 0 Å². The van der Waals surface area contributed by atoms with Crippen LogP contribution >= 0.6 is 0 Å². The van der Waals surface area contributed by atoms with Gasteiger partial charge in [-0.25, -0.2) is 0 Å². The van der Waals surface area contributed by atoms with E-state index in [-0.39, 0.29) is 18.2 Å². The standard InChI is InChI=1S/C13H13F6NO2/c1-2-22-11(21)10(20)5-7-3-8(12(14,15)16)6-9(4-7)13(17,18)19/h3-4,6,10H,2,5,20H2,1H3. The fourth-order valence-corrected chi connectivity index (χ4v) is 1.72. The third-order valence-corrected chi connectivity index (χ3v) is 2.69. The van der Waals surface area contributed by atoms with Crippen molar-refractivity contribution in [1.29, 1.82) is 0 Å². The minimum atomic E-state index is -4.94. The predicted octanol–water partition coefficient (Wildman–Crippen LogP) is 3.16. The van der Waals surface area contributed by atoms with E-state index in [2.05, 4.69) is 4.74 Å². The van der Waals surface area contributed by atoms with Gasteiger partial charge in [0.2, 0.25) is 0 Å². The first kappa shape index (κ1) is 18.3. The normalized spacial score (nSPS) is 13.8. The van der Waals surface area contributed by atoms with Crippen molar-refractivity contribution in [1.82, 2.24) is 0 Å². The maximum absolute atomic E-state index is 12.7. The van der Waals surface area contributed by atoms with E-state index in [4.69, 9.17) is 5.73 Å². The van der Waals surface area contributed by atoms with Crippen LogP contribution in [0.2, 0.25) is 0 Å². The van der Waals surface area contributed by atoms with Crippen molar-refractivity contribution in [2.75, 3.05) is 6.61 Å². The lowest BCUT2D eigenvalue weighted by Crippen LogP contribution is -2.34. The van der Waals surface area contributed by atoms with E-state index in [0.717, 1.165) is 0 Å². The van der Waals surface area contributed by atoms with Crippen molar-refractivity contribution in [2.24, 2.45) is 5.73 Å². The van der Waals surface area contributed by atoms with Crippen LogP contribution in [0.1, 0.15) is 23.6 Å². The fourth-order valence-electron chi connectivity index (χ4n) is 1.72. The maximum atomic E-state index is 12.7. The van der Waals surface area contributed by atoms with Gasteiger partial charge in [-0.1, -0.05) is 0 Å². The molecule has 1 aromatic rings. The van der Waals surface area contributed by atoms with Gasteiger partial charge >= 0.3 is 18.3 Å². The van der Waals surface area contributed by atoms with Gasteiger partial charge in [0.25, 0.3) is 0 Å². The molecule has 0 radical (unpaired) electrons. The van der Waals surface area contributed by atoms with Gasteiger partial charge in [-0.05, 0) is 37.1 Å². The molecule has 0 aromatic heterocycles. The van der Waals surface area contributed by atoms with Crippen LogP contribution in [0.25, 0.3) is 0 Å². The van der Waals surface area contributed by atoms with Crippen molar-refractivity contribution in [3.05, 3.63) is 34.9 Å². The third kappa shape index (κ3) is 4.90. The summed E-state index contributed by atoms with van der Waals surface area (Å²) < 4.78 is 80.5. The summed E-state index contributed by atoms with van der Waals surface area (Å²) in [6, 6.07) is -0.258. The van der Waals surface area contributed by atoms with Crippen molar-refractivity contribution in [3.8, 4) is 0 Å². The highest BCUT2D eigenvalue weighted by atomic mass is 19.4. The van der Waals surface area contributed by atoms with Crippen molar-refractivity contribution in [2.45, 2.75) is 31.7 Å². The first-order chi connectivity index (χ1) is 9.95. The minimum absolute atomic E-state index is 0.00290. The summed E-state index contributed by atoms with van der Waals surface area (Å²) in [4.78, 5) is 11.3. The topological polar surface area (TPSA) is 52.3 Å². The molecule has 0 heterocycles. The smallest absolute Gasteiger partial charge is 0.416 e. The molecule has 0 spiro atoms. The minimum Gasteiger partial charge on any atom is -0.465 e. The van der Waals surface area contributed by atoms with Gasteiger partial charge in [0.15, 0.2) is 0 Å². The van der Waals surface area contributed by atoms with E-state index < -0.39 is 41.9 Å². The summed E-state index contributed by atoms with van der Waals surface area (Å²) in [6.07, 6.45) is -10.4. The molecule has 0 aliphatic rings. The van der Waals surface area contributed by atoms with Gasteiger partial charge in [-0.3, -0.25) is 4.79 Å². The van der Waals surface area contributed by atoms with Crippen LogP contribution in [-0.2, 0) is 28.3 Å². The van der Waals surface area contributed by atoms with Gasteiger partial charge in [0, 0.05) is 0 Å². The van der Waals surface area contributed by atoms with Crippen LogP contribution in [0.3, 0.4) is 0 Å². The molecular weight excluding hydrogens is 316 g/mol. The Labute approximate surface area is 122 Å². The van der Waals surface area contributed by atoms with Crippen molar-refractivity contribution >= 4 is 5.97 Å². The number of carbonyl (C=O) groups is 1. The lowest BCUT2D eigenvalue weighted by molar-refractivity contribution is -0.144. The second-order valence-corrected chi connectivity index (χ2v) is 4.48. The van der Waals surface area contributed by atoms with Crippen molar-refractivity contribution < 1.29 is 35.9 Å². The Hall–Kier alpha value is -1.77. The van der Waals surface area contributed by atoms with Crippen LogP contribution in [0.4, 0.5) is 26.3 Å². The maximum Gasteiger partial charge on any atom is 0.416 e. The number of benzene rings is 1. The molecule has 1 aromatic carbocycles.